The predicted molar refractivity (Wildman–Crippen MR) is 120 cm³/mol. The summed E-state index contributed by atoms with van der Waals surface area (Å²) in [4.78, 5) is 19.2. The number of hydrogen-bond acceptors (Lipinski definition) is 3. The lowest BCUT2D eigenvalue weighted by atomic mass is 9.95. The molecule has 1 spiro atoms. The Morgan fingerprint density at radius 2 is 2.00 bits per heavy atom. The first-order chi connectivity index (χ1) is 13.6. The van der Waals surface area contributed by atoms with E-state index in [2.05, 4.69) is 30.0 Å². The van der Waals surface area contributed by atoms with E-state index in [9.17, 15) is 4.79 Å². The van der Waals surface area contributed by atoms with Crippen molar-refractivity contribution >= 4 is 34.5 Å². The van der Waals surface area contributed by atoms with Crippen LogP contribution in [-0.4, -0.2) is 33.2 Å². The number of carbonyl (C=O) groups is 1. The lowest BCUT2D eigenvalue weighted by Crippen LogP contribution is -2.50. The predicted octanol–water partition coefficient (Wildman–Crippen LogP) is 6.14. The van der Waals surface area contributed by atoms with Crippen LogP contribution in [0.4, 0.5) is 5.69 Å². The van der Waals surface area contributed by atoms with Gasteiger partial charge in [-0.15, -0.1) is 0 Å². The van der Waals surface area contributed by atoms with E-state index in [0.29, 0.717) is 11.6 Å². The maximum Gasteiger partial charge on any atom is 0.165 e. The van der Waals surface area contributed by atoms with Crippen LogP contribution in [0, 0.1) is 0 Å². The number of allylic oxidation sites excluding steroid dienone is 1. The van der Waals surface area contributed by atoms with E-state index in [0.717, 1.165) is 17.7 Å². The van der Waals surface area contributed by atoms with Crippen LogP contribution in [0.25, 0.3) is 6.08 Å². The molecule has 28 heavy (non-hydrogen) atoms. The second-order valence-corrected chi connectivity index (χ2v) is 9.55. The van der Waals surface area contributed by atoms with Gasteiger partial charge in [-0.1, -0.05) is 56.5 Å². The first-order valence-corrected chi connectivity index (χ1v) is 11.9. The van der Waals surface area contributed by atoms with Gasteiger partial charge in [0.15, 0.2) is 11.0 Å². The van der Waals surface area contributed by atoms with E-state index in [-0.39, 0.29) is 5.78 Å². The lowest BCUT2D eigenvalue weighted by molar-refractivity contribution is -0.112. The third kappa shape index (κ3) is 3.94. The summed E-state index contributed by atoms with van der Waals surface area (Å²) in [6.45, 7) is 3.78. The summed E-state index contributed by atoms with van der Waals surface area (Å²) >= 11 is 1.98. The van der Waals surface area contributed by atoms with E-state index in [1.807, 2.05) is 17.8 Å². The molecule has 150 valence electrons. The number of hydrogen-bond donors (Lipinski definition) is 0. The maximum atomic E-state index is 11.2. The minimum Gasteiger partial charge on any atom is -0.342 e. The number of thioether (sulfide) groups is 1. The summed E-state index contributed by atoms with van der Waals surface area (Å²) in [5.41, 5.74) is 3.81. The van der Waals surface area contributed by atoms with E-state index in [1.165, 1.54) is 67.9 Å². The molecular formula is C24H32N2OS. The van der Waals surface area contributed by atoms with Gasteiger partial charge in [0.1, 0.15) is 0 Å². The highest BCUT2D eigenvalue weighted by atomic mass is 32.2. The van der Waals surface area contributed by atoms with Crippen molar-refractivity contribution in [2.45, 2.75) is 83.2 Å². The summed E-state index contributed by atoms with van der Waals surface area (Å²) < 4.78 is 0. The van der Waals surface area contributed by atoms with E-state index in [4.69, 9.17) is 4.99 Å². The first-order valence-electron chi connectivity index (χ1n) is 10.9. The minimum atomic E-state index is 0.0822. The van der Waals surface area contributed by atoms with Gasteiger partial charge in [0.25, 0.3) is 0 Å². The van der Waals surface area contributed by atoms with E-state index < -0.39 is 0 Å². The van der Waals surface area contributed by atoms with Crippen molar-refractivity contribution in [3.63, 3.8) is 0 Å². The van der Waals surface area contributed by atoms with Crippen LogP contribution in [0.3, 0.4) is 0 Å². The molecule has 0 unspecified atom stereocenters. The molecule has 0 radical (unpaired) electrons. The van der Waals surface area contributed by atoms with Gasteiger partial charge in [0.05, 0.1) is 11.2 Å². The lowest BCUT2D eigenvalue weighted by Gasteiger charge is -2.40. The molecule has 0 atom stereocenters. The molecule has 1 aliphatic heterocycles. The molecular weight excluding hydrogens is 364 g/mol. The van der Waals surface area contributed by atoms with E-state index >= 15 is 0 Å². The monoisotopic (exact) mass is 396 g/mol. The quantitative estimate of drug-likeness (QED) is 0.560. The summed E-state index contributed by atoms with van der Waals surface area (Å²) in [7, 11) is 0. The van der Waals surface area contributed by atoms with Crippen molar-refractivity contribution in [2.24, 2.45) is 4.99 Å². The van der Waals surface area contributed by atoms with Gasteiger partial charge in [-0.3, -0.25) is 4.79 Å². The van der Waals surface area contributed by atoms with Gasteiger partial charge in [0.2, 0.25) is 0 Å². The minimum absolute atomic E-state index is 0.0822. The molecule has 0 N–H and O–H groups in total. The molecule has 3 aliphatic rings. The van der Waals surface area contributed by atoms with Crippen LogP contribution in [0.1, 0.15) is 76.3 Å². The van der Waals surface area contributed by atoms with Gasteiger partial charge in [0, 0.05) is 11.8 Å². The smallest absolute Gasteiger partial charge is 0.165 e. The van der Waals surface area contributed by atoms with Crippen molar-refractivity contribution in [3.8, 4) is 0 Å². The molecule has 0 aromatic heterocycles. The number of nitrogens with zero attached hydrogens (tertiary/aromatic N) is 2. The third-order valence-electron chi connectivity index (χ3n) is 6.62. The third-order valence-corrected chi connectivity index (χ3v) is 7.85. The zero-order valence-electron chi connectivity index (χ0n) is 17.2. The largest absolute Gasteiger partial charge is 0.342 e. The van der Waals surface area contributed by atoms with Crippen LogP contribution < -0.4 is 0 Å². The van der Waals surface area contributed by atoms with Crippen LogP contribution in [-0.2, 0) is 11.2 Å². The van der Waals surface area contributed by atoms with Gasteiger partial charge in [-0.25, -0.2) is 4.99 Å². The Labute approximate surface area is 173 Å². The second kappa shape index (κ2) is 8.44. The van der Waals surface area contributed by atoms with Gasteiger partial charge in [-0.05, 0) is 68.4 Å². The first kappa shape index (κ1) is 19.8. The number of aryl methyl sites for hydroxylation is 1. The fourth-order valence-corrected chi connectivity index (χ4v) is 6.64. The highest BCUT2D eigenvalue weighted by Crippen LogP contribution is 2.48. The average molecular weight is 397 g/mol. The van der Waals surface area contributed by atoms with Crippen molar-refractivity contribution in [1.82, 2.24) is 4.90 Å². The molecule has 1 saturated heterocycles. The van der Waals surface area contributed by atoms with E-state index in [1.54, 1.807) is 13.0 Å². The molecule has 4 rings (SSSR count). The van der Waals surface area contributed by atoms with Crippen molar-refractivity contribution < 1.29 is 4.79 Å². The number of aliphatic imine (C=N–C) groups is 1. The molecule has 0 bridgehead atoms. The molecule has 3 nitrogen and oxygen atoms in total. The Hall–Kier alpha value is -1.55. The standard InChI is InChI=1S/C24H32N2OS/c1-3-20-16-19(11-10-18(2)27)12-13-22(20)25-23-26(21-8-4-5-9-21)24(17-28-23)14-6-7-15-24/h10-13,16,21H,3-9,14-15,17H2,1-2H3/b11-10+,25-23?. The Balaban J connectivity index is 1.66. The number of ketones is 1. The number of rotatable bonds is 5. The molecule has 1 heterocycles. The van der Waals surface area contributed by atoms with Gasteiger partial charge < -0.3 is 4.90 Å². The normalized spacial score (nSPS) is 23.6. The van der Waals surface area contributed by atoms with Gasteiger partial charge >= 0.3 is 0 Å². The molecule has 1 aromatic carbocycles. The SMILES string of the molecule is CCc1cc(/C=C/C(C)=O)ccc1N=C1SCC2(CCCC2)N1C1CCCC1. The number of benzene rings is 1. The Morgan fingerprint density at radius 1 is 1.25 bits per heavy atom. The zero-order valence-corrected chi connectivity index (χ0v) is 18.1. The zero-order chi connectivity index (χ0) is 19.6. The fourth-order valence-electron chi connectivity index (χ4n) is 5.17. The van der Waals surface area contributed by atoms with Crippen LogP contribution >= 0.6 is 11.8 Å². The summed E-state index contributed by atoms with van der Waals surface area (Å²) in [5, 5.41) is 1.26. The molecule has 1 aromatic rings. The Kier molecular flexibility index (Phi) is 5.96. The van der Waals surface area contributed by atoms with Gasteiger partial charge in [-0.2, -0.15) is 0 Å². The Morgan fingerprint density at radius 3 is 2.68 bits per heavy atom. The number of amidine groups is 1. The Bertz CT molecular complexity index is 786. The summed E-state index contributed by atoms with van der Waals surface area (Å²) in [6.07, 6.45) is 15.3. The van der Waals surface area contributed by atoms with Crippen molar-refractivity contribution in [3.05, 3.63) is 35.4 Å². The van der Waals surface area contributed by atoms with Crippen molar-refractivity contribution in [2.75, 3.05) is 5.75 Å². The highest BCUT2D eigenvalue weighted by molar-refractivity contribution is 8.14. The molecule has 3 fully saturated rings. The van der Waals surface area contributed by atoms with Crippen LogP contribution in [0.15, 0.2) is 29.3 Å². The molecule has 4 heteroatoms. The maximum absolute atomic E-state index is 11.2. The average Bonchev–Trinajstić information content (AvgIpc) is 3.44. The van der Waals surface area contributed by atoms with Crippen molar-refractivity contribution in [1.29, 1.82) is 0 Å². The second-order valence-electron chi connectivity index (χ2n) is 8.61. The molecule has 2 aliphatic carbocycles. The summed E-state index contributed by atoms with van der Waals surface area (Å²) in [5.74, 6) is 1.29. The number of carbonyl (C=O) groups excluding carboxylic acids is 1. The fraction of sp³-hybridized carbons (Fsp3) is 0.583. The molecule has 0 amide bonds. The highest BCUT2D eigenvalue weighted by Gasteiger charge is 2.49. The topological polar surface area (TPSA) is 32.7 Å². The van der Waals surface area contributed by atoms with Crippen LogP contribution in [0.5, 0.6) is 0 Å². The summed E-state index contributed by atoms with van der Waals surface area (Å²) in [6, 6.07) is 7.10. The van der Waals surface area contributed by atoms with Crippen LogP contribution in [0.2, 0.25) is 0 Å². The molecule has 2 saturated carbocycles.